The number of nitrogens with zero attached hydrogens (tertiary/aromatic N) is 1. The zero-order chi connectivity index (χ0) is 9.97. The molecule has 0 saturated carbocycles. The fraction of sp³-hybridized carbons (Fsp3) is 0. The quantitative estimate of drug-likeness (QED) is 0.844. The number of hydrogen-bond donors (Lipinski definition) is 1. The maximum atomic E-state index is 11.2. The van der Waals surface area contributed by atoms with Crippen LogP contribution in [0.1, 0.15) is 0 Å². The molecule has 3 nitrogen and oxygen atoms in total. The highest BCUT2D eigenvalue weighted by atomic mass is 79.9. The van der Waals surface area contributed by atoms with Crippen molar-refractivity contribution in [3.8, 4) is 11.1 Å². The third-order valence-electron chi connectivity index (χ3n) is 1.88. The Morgan fingerprint density at radius 3 is 2.64 bits per heavy atom. The molecule has 1 aromatic heterocycles. The van der Waals surface area contributed by atoms with E-state index in [0.29, 0.717) is 4.47 Å². The summed E-state index contributed by atoms with van der Waals surface area (Å²) in [5.41, 5.74) is 1.55. The minimum atomic E-state index is -0.216. The summed E-state index contributed by atoms with van der Waals surface area (Å²) in [6, 6.07) is 9.63. The molecule has 0 saturated heterocycles. The first kappa shape index (κ1) is 9.15. The van der Waals surface area contributed by atoms with E-state index in [9.17, 15) is 4.79 Å². The lowest BCUT2D eigenvalue weighted by molar-refractivity contribution is 0.981. The highest BCUT2D eigenvalue weighted by Crippen LogP contribution is 2.23. The van der Waals surface area contributed by atoms with E-state index in [4.69, 9.17) is 0 Å². The van der Waals surface area contributed by atoms with E-state index in [0.717, 1.165) is 11.1 Å². The lowest BCUT2D eigenvalue weighted by atomic mass is 10.1. The topological polar surface area (TPSA) is 45.8 Å². The molecule has 0 aliphatic heterocycles. The molecule has 4 heteroatoms. The Balaban J connectivity index is 2.64. The molecular weight excluding hydrogens is 244 g/mol. The largest absolute Gasteiger partial charge is 0.279 e. The van der Waals surface area contributed by atoms with Crippen molar-refractivity contribution < 1.29 is 0 Å². The molecule has 2 rings (SSSR count). The summed E-state index contributed by atoms with van der Waals surface area (Å²) in [5, 5.41) is 6.11. The third-order valence-corrected chi connectivity index (χ3v) is 2.67. The highest BCUT2D eigenvalue weighted by Gasteiger charge is 2.05. The maximum absolute atomic E-state index is 11.2. The summed E-state index contributed by atoms with van der Waals surface area (Å²) in [6.07, 6.45) is 1.63. The Morgan fingerprint density at radius 2 is 1.93 bits per heavy atom. The monoisotopic (exact) mass is 250 g/mol. The van der Waals surface area contributed by atoms with Crippen LogP contribution in [0.2, 0.25) is 0 Å². The highest BCUT2D eigenvalue weighted by molar-refractivity contribution is 9.10. The summed E-state index contributed by atoms with van der Waals surface area (Å²) in [6.45, 7) is 0. The smallest absolute Gasteiger partial charge is 0.267 e. The molecule has 0 aliphatic carbocycles. The van der Waals surface area contributed by atoms with Gasteiger partial charge >= 0.3 is 0 Å². The van der Waals surface area contributed by atoms with Gasteiger partial charge in [-0.05, 0) is 21.5 Å². The van der Waals surface area contributed by atoms with Crippen LogP contribution in [0.3, 0.4) is 0 Å². The first-order valence-corrected chi connectivity index (χ1v) is 4.87. The van der Waals surface area contributed by atoms with Gasteiger partial charge in [-0.2, -0.15) is 5.10 Å². The van der Waals surface area contributed by atoms with Gasteiger partial charge < -0.3 is 0 Å². The predicted molar refractivity (Wildman–Crippen MR) is 58.0 cm³/mol. The zero-order valence-corrected chi connectivity index (χ0v) is 8.78. The Morgan fingerprint density at radius 1 is 1.21 bits per heavy atom. The Kier molecular flexibility index (Phi) is 2.45. The van der Waals surface area contributed by atoms with Gasteiger partial charge in [-0.1, -0.05) is 30.3 Å². The number of rotatable bonds is 1. The van der Waals surface area contributed by atoms with Crippen LogP contribution in [0.5, 0.6) is 0 Å². The molecule has 1 heterocycles. The van der Waals surface area contributed by atoms with Gasteiger partial charge in [0.05, 0.1) is 10.7 Å². The molecule has 0 amide bonds. The van der Waals surface area contributed by atoms with Gasteiger partial charge in [0.2, 0.25) is 0 Å². The van der Waals surface area contributed by atoms with Crippen LogP contribution >= 0.6 is 15.9 Å². The van der Waals surface area contributed by atoms with E-state index in [1.807, 2.05) is 30.3 Å². The molecule has 1 aromatic carbocycles. The van der Waals surface area contributed by atoms with Crippen LogP contribution < -0.4 is 5.56 Å². The Bertz CT molecular complexity index is 493. The SMILES string of the molecule is O=c1[nH]ncc(-c2ccccc2)c1Br. The fourth-order valence-electron chi connectivity index (χ4n) is 1.20. The molecule has 0 radical (unpaired) electrons. The van der Waals surface area contributed by atoms with Crippen molar-refractivity contribution in [3.63, 3.8) is 0 Å². The summed E-state index contributed by atoms with van der Waals surface area (Å²) in [7, 11) is 0. The summed E-state index contributed by atoms with van der Waals surface area (Å²) in [4.78, 5) is 11.2. The van der Waals surface area contributed by atoms with Crippen molar-refractivity contribution in [1.29, 1.82) is 0 Å². The molecule has 70 valence electrons. The van der Waals surface area contributed by atoms with Gasteiger partial charge in [-0.15, -0.1) is 0 Å². The number of hydrogen-bond acceptors (Lipinski definition) is 2. The summed E-state index contributed by atoms with van der Waals surface area (Å²) >= 11 is 3.23. The maximum Gasteiger partial charge on any atom is 0.279 e. The fourth-order valence-corrected chi connectivity index (χ4v) is 1.62. The lowest BCUT2D eigenvalue weighted by Crippen LogP contribution is -2.09. The average molecular weight is 251 g/mol. The van der Waals surface area contributed by atoms with Crippen molar-refractivity contribution in [2.45, 2.75) is 0 Å². The predicted octanol–water partition coefficient (Wildman–Crippen LogP) is 2.20. The van der Waals surface area contributed by atoms with Gasteiger partial charge in [0.25, 0.3) is 5.56 Å². The van der Waals surface area contributed by atoms with Crippen LogP contribution in [-0.2, 0) is 0 Å². The van der Waals surface area contributed by atoms with Gasteiger partial charge in [-0.3, -0.25) is 4.79 Å². The molecular formula is C10H7BrN2O. The summed E-state index contributed by atoms with van der Waals surface area (Å²) < 4.78 is 0.513. The van der Waals surface area contributed by atoms with E-state index in [1.54, 1.807) is 6.20 Å². The molecule has 1 N–H and O–H groups in total. The van der Waals surface area contributed by atoms with Crippen LogP contribution in [0.25, 0.3) is 11.1 Å². The number of H-pyrrole nitrogens is 1. The number of nitrogens with one attached hydrogen (secondary N) is 1. The summed E-state index contributed by atoms with van der Waals surface area (Å²) in [5.74, 6) is 0. The van der Waals surface area contributed by atoms with Crippen molar-refractivity contribution in [1.82, 2.24) is 10.2 Å². The van der Waals surface area contributed by atoms with Gasteiger partial charge in [0, 0.05) is 5.56 Å². The second-order valence-corrected chi connectivity index (χ2v) is 3.59. The number of benzene rings is 1. The molecule has 0 bridgehead atoms. The minimum Gasteiger partial charge on any atom is -0.267 e. The first-order chi connectivity index (χ1) is 6.79. The van der Waals surface area contributed by atoms with Gasteiger partial charge in [-0.25, -0.2) is 5.10 Å². The van der Waals surface area contributed by atoms with Crippen LogP contribution in [0.15, 0.2) is 45.8 Å². The second kappa shape index (κ2) is 3.75. The second-order valence-electron chi connectivity index (χ2n) is 2.79. The normalized spacial score (nSPS) is 10.1. The van der Waals surface area contributed by atoms with Crippen molar-refractivity contribution >= 4 is 15.9 Å². The lowest BCUT2D eigenvalue weighted by Gasteiger charge is -2.01. The molecule has 14 heavy (non-hydrogen) atoms. The molecule has 0 atom stereocenters. The van der Waals surface area contributed by atoms with Crippen LogP contribution in [-0.4, -0.2) is 10.2 Å². The molecule has 2 aromatic rings. The first-order valence-electron chi connectivity index (χ1n) is 4.07. The number of aromatic nitrogens is 2. The van der Waals surface area contributed by atoms with E-state index in [1.165, 1.54) is 0 Å². The van der Waals surface area contributed by atoms with Crippen molar-refractivity contribution in [2.24, 2.45) is 0 Å². The average Bonchev–Trinajstić information content (AvgIpc) is 2.23. The van der Waals surface area contributed by atoms with E-state index in [-0.39, 0.29) is 5.56 Å². The van der Waals surface area contributed by atoms with Crippen LogP contribution in [0, 0.1) is 0 Å². The molecule has 0 fully saturated rings. The minimum absolute atomic E-state index is 0.216. The van der Waals surface area contributed by atoms with Crippen molar-refractivity contribution in [3.05, 3.63) is 51.4 Å². The van der Waals surface area contributed by atoms with Gasteiger partial charge in [0.1, 0.15) is 0 Å². The van der Waals surface area contributed by atoms with E-state index in [2.05, 4.69) is 26.1 Å². The molecule has 0 aliphatic rings. The Hall–Kier alpha value is -1.42. The molecule has 0 spiro atoms. The number of aromatic amines is 1. The molecule has 0 unspecified atom stereocenters. The zero-order valence-electron chi connectivity index (χ0n) is 7.20. The van der Waals surface area contributed by atoms with E-state index < -0.39 is 0 Å². The van der Waals surface area contributed by atoms with Crippen molar-refractivity contribution in [2.75, 3.05) is 0 Å². The van der Waals surface area contributed by atoms with Crippen LogP contribution in [0.4, 0.5) is 0 Å². The van der Waals surface area contributed by atoms with E-state index >= 15 is 0 Å². The standard InChI is InChI=1S/C10H7BrN2O/c11-9-8(6-12-13-10(9)14)7-4-2-1-3-5-7/h1-6H,(H,13,14). The Labute approximate surface area is 88.9 Å². The van der Waals surface area contributed by atoms with Gasteiger partial charge in [0.15, 0.2) is 0 Å². The third kappa shape index (κ3) is 1.61. The number of halogens is 1.